The highest BCUT2D eigenvalue weighted by Crippen LogP contribution is 2.35. The van der Waals surface area contributed by atoms with Gasteiger partial charge in [-0.15, -0.1) is 0 Å². The van der Waals surface area contributed by atoms with Crippen LogP contribution in [0.1, 0.15) is 31.7 Å². The number of nitro benzene ring substituents is 1. The molecular formula is C33H58N6O12S. The Labute approximate surface area is 310 Å². The molecule has 18 nitrogen and oxygen atoms in total. The van der Waals surface area contributed by atoms with Gasteiger partial charge in [0.25, 0.3) is 5.69 Å². The zero-order valence-electron chi connectivity index (χ0n) is 30.7. The summed E-state index contributed by atoms with van der Waals surface area (Å²) in [4.78, 5) is 44.7. The third-order valence-corrected chi connectivity index (χ3v) is 8.36. The molecule has 1 aromatic carbocycles. The molecule has 0 aliphatic carbocycles. The average molecular weight is 763 g/mol. The summed E-state index contributed by atoms with van der Waals surface area (Å²) in [5, 5.41) is 23.0. The number of hydrogen-bond acceptors (Lipinski definition) is 15. The Morgan fingerprint density at radius 2 is 1.52 bits per heavy atom. The summed E-state index contributed by atoms with van der Waals surface area (Å²) >= 11 is 1.87. The highest BCUT2D eigenvalue weighted by atomic mass is 32.2. The number of amides is 3. The number of ether oxygens (including phenoxy) is 7. The molecule has 1 saturated heterocycles. The number of hydrogen-bond donors (Lipinski definition) is 5. The van der Waals surface area contributed by atoms with Crippen LogP contribution < -0.4 is 36.5 Å². The first-order chi connectivity index (χ1) is 25.3. The predicted octanol–water partition coefficient (Wildman–Crippen LogP) is 0.382. The molecule has 6 N–H and O–H groups in total. The number of nitrogens with zero attached hydrogens (tertiary/aromatic N) is 1. The molecule has 0 bridgehead atoms. The largest absolute Gasteiger partial charge is 0.493 e. The Bertz CT molecular complexity index is 1140. The van der Waals surface area contributed by atoms with Gasteiger partial charge in [-0.05, 0) is 19.5 Å². The van der Waals surface area contributed by atoms with Gasteiger partial charge >= 0.3 is 0 Å². The molecule has 3 amide bonds. The summed E-state index contributed by atoms with van der Waals surface area (Å²) in [5.41, 5.74) is 5.32. The van der Waals surface area contributed by atoms with Crippen LogP contribution in [0.5, 0.6) is 11.5 Å². The SMILES string of the molecule is CCCCC(=O)NCCOCCOCCOc1cc([N+](=O)[O-])c(COCC(=O)NCCOCCOCCN)cc1OC.CNC1CSCC1NC=O. The van der Waals surface area contributed by atoms with Crippen molar-refractivity contribution in [3.63, 3.8) is 0 Å². The molecule has 52 heavy (non-hydrogen) atoms. The van der Waals surface area contributed by atoms with Gasteiger partial charge in [0.05, 0.1) is 89.2 Å². The summed E-state index contributed by atoms with van der Waals surface area (Å²) < 4.78 is 37.7. The summed E-state index contributed by atoms with van der Waals surface area (Å²) in [6.07, 6.45) is 3.14. The molecule has 1 aromatic rings. The van der Waals surface area contributed by atoms with Crippen molar-refractivity contribution in [2.75, 3.05) is 111 Å². The maximum absolute atomic E-state index is 12.0. The Morgan fingerprint density at radius 3 is 2.12 bits per heavy atom. The van der Waals surface area contributed by atoms with E-state index in [9.17, 15) is 24.5 Å². The monoisotopic (exact) mass is 762 g/mol. The molecule has 1 aliphatic rings. The van der Waals surface area contributed by atoms with Gasteiger partial charge in [-0.25, -0.2) is 0 Å². The van der Waals surface area contributed by atoms with Gasteiger partial charge in [-0.3, -0.25) is 24.5 Å². The molecular weight excluding hydrogens is 704 g/mol. The molecule has 2 unspecified atom stereocenters. The zero-order valence-corrected chi connectivity index (χ0v) is 31.5. The third kappa shape index (κ3) is 21.9. The lowest BCUT2D eigenvalue weighted by Gasteiger charge is -2.16. The van der Waals surface area contributed by atoms with Crippen molar-refractivity contribution in [3.8, 4) is 11.5 Å². The van der Waals surface area contributed by atoms with Gasteiger partial charge in [-0.1, -0.05) is 13.3 Å². The number of benzene rings is 1. The number of unbranched alkanes of at least 4 members (excludes halogenated alkanes) is 1. The molecule has 0 radical (unpaired) electrons. The van der Waals surface area contributed by atoms with E-state index in [0.29, 0.717) is 77.8 Å². The van der Waals surface area contributed by atoms with Gasteiger partial charge in [0, 0.05) is 43.6 Å². The molecule has 0 spiro atoms. The van der Waals surface area contributed by atoms with Crippen molar-refractivity contribution in [3.05, 3.63) is 27.8 Å². The summed E-state index contributed by atoms with van der Waals surface area (Å²) in [6.45, 7) is 5.75. The molecule has 1 fully saturated rings. The van der Waals surface area contributed by atoms with Crippen LogP contribution in [-0.4, -0.2) is 147 Å². The molecule has 2 rings (SSSR count). The van der Waals surface area contributed by atoms with E-state index >= 15 is 0 Å². The summed E-state index contributed by atoms with van der Waals surface area (Å²) in [6, 6.07) is 3.48. The molecule has 19 heteroatoms. The van der Waals surface area contributed by atoms with Gasteiger partial charge in [0.2, 0.25) is 18.2 Å². The maximum Gasteiger partial charge on any atom is 0.278 e. The lowest BCUT2D eigenvalue weighted by Crippen LogP contribution is -2.45. The second-order valence-electron chi connectivity index (χ2n) is 11.1. The number of nitro groups is 1. The van der Waals surface area contributed by atoms with Gasteiger partial charge in [-0.2, -0.15) is 11.8 Å². The zero-order chi connectivity index (χ0) is 38.2. The standard InChI is InChI=1S/C27H46N4O11.C6H12N2OS/c1-3-4-5-26(32)29-7-10-38-14-15-40-16-17-42-25-19-23(31(34)35)22(18-24(25)36-2)20-41-21-27(33)30-8-11-39-13-12-37-9-6-28;1-7-5-2-10-3-6(5)8-4-9/h18-19H,3-17,20-21,28H2,1-2H3,(H,29,32)(H,30,33);4-7H,2-3H2,1H3,(H,8,9). The first-order valence-electron chi connectivity index (χ1n) is 17.4. The fourth-order valence-corrected chi connectivity index (χ4v) is 5.80. The van der Waals surface area contributed by atoms with E-state index in [1.54, 1.807) is 0 Å². The Kier molecular flexibility index (Phi) is 28.1. The molecule has 0 saturated carbocycles. The fourth-order valence-electron chi connectivity index (χ4n) is 4.43. The van der Waals surface area contributed by atoms with Crippen molar-refractivity contribution in [2.24, 2.45) is 5.73 Å². The van der Waals surface area contributed by atoms with E-state index < -0.39 is 4.92 Å². The second kappa shape index (κ2) is 31.2. The fraction of sp³-hybridized carbons (Fsp3) is 0.727. The van der Waals surface area contributed by atoms with Crippen molar-refractivity contribution in [1.29, 1.82) is 0 Å². The second-order valence-corrected chi connectivity index (χ2v) is 12.2. The van der Waals surface area contributed by atoms with Crippen LogP contribution in [0.25, 0.3) is 0 Å². The molecule has 0 aromatic heterocycles. The highest BCUT2D eigenvalue weighted by Gasteiger charge is 2.25. The molecule has 1 aliphatic heterocycles. The van der Waals surface area contributed by atoms with Gasteiger partial charge in [0.1, 0.15) is 13.2 Å². The number of nitrogens with two attached hydrogens (primary N) is 1. The minimum Gasteiger partial charge on any atom is -0.493 e. The first-order valence-corrected chi connectivity index (χ1v) is 18.5. The number of methoxy groups -OCH3 is 1. The van der Waals surface area contributed by atoms with Crippen LogP contribution in [0.4, 0.5) is 5.69 Å². The van der Waals surface area contributed by atoms with Crippen molar-refractivity contribution in [2.45, 2.75) is 44.9 Å². The lowest BCUT2D eigenvalue weighted by atomic mass is 10.1. The average Bonchev–Trinajstić information content (AvgIpc) is 3.60. The van der Waals surface area contributed by atoms with E-state index in [2.05, 4.69) is 21.3 Å². The highest BCUT2D eigenvalue weighted by molar-refractivity contribution is 7.99. The molecule has 1 heterocycles. The summed E-state index contributed by atoms with van der Waals surface area (Å²) in [5.74, 6) is 2.23. The number of nitrogens with one attached hydrogen (secondary N) is 4. The van der Waals surface area contributed by atoms with Crippen LogP contribution in [0, 0.1) is 10.1 Å². The van der Waals surface area contributed by atoms with E-state index in [-0.39, 0.29) is 67.5 Å². The number of likely N-dealkylation sites (N-methyl/N-ethyl adjacent to an activating group) is 1. The normalized spacial score (nSPS) is 14.9. The lowest BCUT2D eigenvalue weighted by molar-refractivity contribution is -0.386. The van der Waals surface area contributed by atoms with Crippen molar-refractivity contribution < 1.29 is 52.5 Å². The van der Waals surface area contributed by atoms with E-state index in [1.165, 1.54) is 19.2 Å². The van der Waals surface area contributed by atoms with Crippen molar-refractivity contribution in [1.82, 2.24) is 21.3 Å². The van der Waals surface area contributed by atoms with Crippen LogP contribution in [-0.2, 0) is 44.7 Å². The van der Waals surface area contributed by atoms with Crippen LogP contribution in [0.15, 0.2) is 12.1 Å². The number of rotatable bonds is 30. The van der Waals surface area contributed by atoms with Crippen LogP contribution >= 0.6 is 11.8 Å². The van der Waals surface area contributed by atoms with Gasteiger partial charge in [0.15, 0.2) is 11.5 Å². The third-order valence-electron chi connectivity index (χ3n) is 7.17. The smallest absolute Gasteiger partial charge is 0.278 e. The molecule has 298 valence electrons. The van der Waals surface area contributed by atoms with Crippen molar-refractivity contribution >= 4 is 35.7 Å². The maximum atomic E-state index is 12.0. The minimum absolute atomic E-state index is 0.0203. The summed E-state index contributed by atoms with van der Waals surface area (Å²) in [7, 11) is 3.34. The number of carbonyl (C=O) groups excluding carboxylic acids is 3. The number of carbonyl (C=O) groups is 3. The molecule has 2 atom stereocenters. The Balaban J connectivity index is 0.00000115. The quantitative estimate of drug-likeness (QED) is 0.0309. The van der Waals surface area contributed by atoms with E-state index in [1.807, 2.05) is 25.7 Å². The van der Waals surface area contributed by atoms with Crippen LogP contribution in [0.2, 0.25) is 0 Å². The Hall–Kier alpha value is -3.30. The Morgan fingerprint density at radius 1 is 0.904 bits per heavy atom. The van der Waals surface area contributed by atoms with Gasteiger partial charge < -0.3 is 60.2 Å². The van der Waals surface area contributed by atoms with E-state index in [4.69, 9.17) is 38.9 Å². The number of thioether (sulfide) groups is 1. The topological polar surface area (TPSA) is 233 Å². The minimum atomic E-state index is -0.556. The predicted molar refractivity (Wildman–Crippen MR) is 196 cm³/mol. The van der Waals surface area contributed by atoms with E-state index in [0.717, 1.165) is 30.8 Å². The first kappa shape index (κ1) is 46.7. The van der Waals surface area contributed by atoms with Crippen LogP contribution in [0.3, 0.4) is 0 Å².